The predicted molar refractivity (Wildman–Crippen MR) is 138 cm³/mol. The fourth-order valence-electron chi connectivity index (χ4n) is 3.69. The third-order valence-corrected chi connectivity index (χ3v) is 5.58. The van der Waals surface area contributed by atoms with Crippen LogP contribution in [-0.4, -0.2) is 33.9 Å². The SMILES string of the molecule is CCC/C(=C\c1ccc(O)c(O)c1)C(=O)NC(Cc1ccccc1)C(=O)C(=O)NCc1ccccc1. The van der Waals surface area contributed by atoms with Gasteiger partial charge in [0.1, 0.15) is 6.04 Å². The van der Waals surface area contributed by atoms with Gasteiger partial charge in [-0.2, -0.15) is 0 Å². The van der Waals surface area contributed by atoms with E-state index < -0.39 is 23.6 Å². The van der Waals surface area contributed by atoms with Crippen molar-refractivity contribution in [2.75, 3.05) is 0 Å². The second-order valence-electron chi connectivity index (χ2n) is 8.42. The number of carbonyl (C=O) groups is 3. The number of rotatable bonds is 11. The molecule has 0 aliphatic heterocycles. The van der Waals surface area contributed by atoms with E-state index in [2.05, 4.69) is 10.6 Å². The molecule has 0 saturated heterocycles. The van der Waals surface area contributed by atoms with E-state index in [1.54, 1.807) is 12.1 Å². The molecule has 4 N–H and O–H groups in total. The monoisotopic (exact) mass is 486 g/mol. The molecule has 0 aliphatic carbocycles. The van der Waals surface area contributed by atoms with Crippen LogP contribution in [0.4, 0.5) is 0 Å². The van der Waals surface area contributed by atoms with Gasteiger partial charge in [-0.05, 0) is 41.3 Å². The second kappa shape index (κ2) is 12.9. The molecule has 0 aromatic heterocycles. The Bertz CT molecular complexity index is 1220. The van der Waals surface area contributed by atoms with Gasteiger partial charge in [0.05, 0.1) is 0 Å². The number of aromatic hydroxyl groups is 2. The first-order chi connectivity index (χ1) is 17.4. The molecule has 0 saturated carbocycles. The maximum absolute atomic E-state index is 13.2. The van der Waals surface area contributed by atoms with Crippen LogP contribution in [0.2, 0.25) is 0 Å². The fraction of sp³-hybridized carbons (Fsp3) is 0.207. The van der Waals surface area contributed by atoms with E-state index >= 15 is 0 Å². The molecule has 1 atom stereocenters. The van der Waals surface area contributed by atoms with Crippen molar-refractivity contribution >= 4 is 23.7 Å². The summed E-state index contributed by atoms with van der Waals surface area (Å²) in [4.78, 5) is 39.0. The lowest BCUT2D eigenvalue weighted by molar-refractivity contribution is -0.139. The van der Waals surface area contributed by atoms with Gasteiger partial charge in [0.25, 0.3) is 5.91 Å². The van der Waals surface area contributed by atoms with Crippen molar-refractivity contribution in [2.24, 2.45) is 0 Å². The molecule has 3 aromatic carbocycles. The molecule has 3 aromatic rings. The van der Waals surface area contributed by atoms with Crippen LogP contribution in [0.5, 0.6) is 11.5 Å². The third-order valence-electron chi connectivity index (χ3n) is 5.58. The van der Waals surface area contributed by atoms with Crippen molar-refractivity contribution in [1.82, 2.24) is 10.6 Å². The number of amides is 2. The summed E-state index contributed by atoms with van der Waals surface area (Å²) in [6.07, 6.45) is 2.83. The number of carbonyl (C=O) groups excluding carboxylic acids is 3. The zero-order valence-corrected chi connectivity index (χ0v) is 20.1. The fourth-order valence-corrected chi connectivity index (χ4v) is 3.69. The average Bonchev–Trinajstić information content (AvgIpc) is 2.89. The highest BCUT2D eigenvalue weighted by atomic mass is 16.3. The molecule has 0 spiro atoms. The predicted octanol–water partition coefficient (Wildman–Crippen LogP) is 3.89. The van der Waals surface area contributed by atoms with Gasteiger partial charge in [-0.3, -0.25) is 14.4 Å². The highest BCUT2D eigenvalue weighted by Gasteiger charge is 2.28. The first-order valence-electron chi connectivity index (χ1n) is 11.8. The molecule has 0 fully saturated rings. The van der Waals surface area contributed by atoms with Gasteiger partial charge < -0.3 is 20.8 Å². The Balaban J connectivity index is 1.80. The van der Waals surface area contributed by atoms with E-state index in [4.69, 9.17) is 0 Å². The summed E-state index contributed by atoms with van der Waals surface area (Å²) in [6, 6.07) is 21.6. The van der Waals surface area contributed by atoms with Gasteiger partial charge in [-0.1, -0.05) is 80.1 Å². The molecular weight excluding hydrogens is 456 g/mol. The van der Waals surface area contributed by atoms with E-state index in [0.29, 0.717) is 24.0 Å². The Morgan fingerprint density at radius 1 is 0.833 bits per heavy atom. The van der Waals surface area contributed by atoms with E-state index in [1.165, 1.54) is 12.1 Å². The first kappa shape index (κ1) is 26.2. The minimum absolute atomic E-state index is 0.156. The summed E-state index contributed by atoms with van der Waals surface area (Å²) in [5, 5.41) is 24.7. The van der Waals surface area contributed by atoms with Crippen LogP contribution in [0, 0.1) is 0 Å². The molecule has 36 heavy (non-hydrogen) atoms. The lowest BCUT2D eigenvalue weighted by Gasteiger charge is -2.19. The van der Waals surface area contributed by atoms with Gasteiger partial charge in [-0.25, -0.2) is 0 Å². The van der Waals surface area contributed by atoms with Gasteiger partial charge >= 0.3 is 0 Å². The lowest BCUT2D eigenvalue weighted by Crippen LogP contribution is -2.48. The van der Waals surface area contributed by atoms with Crippen LogP contribution in [0.15, 0.2) is 84.4 Å². The van der Waals surface area contributed by atoms with E-state index in [9.17, 15) is 24.6 Å². The van der Waals surface area contributed by atoms with Crippen molar-refractivity contribution in [1.29, 1.82) is 0 Å². The van der Waals surface area contributed by atoms with Crippen LogP contribution in [0.25, 0.3) is 6.08 Å². The summed E-state index contributed by atoms with van der Waals surface area (Å²) in [7, 11) is 0. The molecule has 0 radical (unpaired) electrons. The molecule has 7 heteroatoms. The number of ketones is 1. The molecule has 7 nitrogen and oxygen atoms in total. The number of phenols is 2. The number of benzene rings is 3. The summed E-state index contributed by atoms with van der Waals surface area (Å²) in [6.45, 7) is 2.11. The Morgan fingerprint density at radius 2 is 1.47 bits per heavy atom. The Labute approximate surface area is 210 Å². The van der Waals surface area contributed by atoms with Crippen LogP contribution in [-0.2, 0) is 27.3 Å². The number of nitrogens with one attached hydrogen (secondary N) is 2. The molecule has 186 valence electrons. The largest absolute Gasteiger partial charge is 0.504 e. The molecule has 3 rings (SSSR count). The van der Waals surface area contributed by atoms with Crippen molar-refractivity contribution in [3.63, 3.8) is 0 Å². The second-order valence-corrected chi connectivity index (χ2v) is 8.42. The molecular formula is C29H30N2O5. The van der Waals surface area contributed by atoms with Gasteiger partial charge in [-0.15, -0.1) is 0 Å². The summed E-state index contributed by atoms with van der Waals surface area (Å²) < 4.78 is 0. The van der Waals surface area contributed by atoms with Crippen molar-refractivity contribution in [3.8, 4) is 11.5 Å². The van der Waals surface area contributed by atoms with E-state index in [0.717, 1.165) is 11.1 Å². The number of hydrogen-bond acceptors (Lipinski definition) is 5. The van der Waals surface area contributed by atoms with Crippen LogP contribution >= 0.6 is 0 Å². The van der Waals surface area contributed by atoms with Gasteiger partial charge in [0.2, 0.25) is 11.7 Å². The zero-order chi connectivity index (χ0) is 25.9. The number of phenolic OH excluding ortho intramolecular Hbond substituents is 2. The normalized spacial score (nSPS) is 12.0. The quantitative estimate of drug-likeness (QED) is 0.186. The van der Waals surface area contributed by atoms with E-state index in [1.807, 2.05) is 67.6 Å². The molecule has 2 amide bonds. The van der Waals surface area contributed by atoms with Gasteiger partial charge in [0, 0.05) is 18.5 Å². The maximum Gasteiger partial charge on any atom is 0.289 e. The average molecular weight is 487 g/mol. The minimum atomic E-state index is -1.07. The maximum atomic E-state index is 13.2. The van der Waals surface area contributed by atoms with Crippen molar-refractivity contribution in [3.05, 3.63) is 101 Å². The van der Waals surface area contributed by atoms with Crippen molar-refractivity contribution < 1.29 is 24.6 Å². The van der Waals surface area contributed by atoms with E-state index in [-0.39, 0.29) is 24.5 Å². The Kier molecular flexibility index (Phi) is 9.40. The lowest BCUT2D eigenvalue weighted by atomic mass is 10.00. The summed E-state index contributed by atoms with van der Waals surface area (Å²) in [5.74, 6) is -2.55. The topological polar surface area (TPSA) is 116 Å². The Hall–Kier alpha value is -4.39. The molecule has 0 aliphatic rings. The molecule has 0 heterocycles. The van der Waals surface area contributed by atoms with Crippen molar-refractivity contribution in [2.45, 2.75) is 38.8 Å². The van der Waals surface area contributed by atoms with Crippen LogP contribution in [0.1, 0.15) is 36.5 Å². The summed E-state index contributed by atoms with van der Waals surface area (Å²) >= 11 is 0. The van der Waals surface area contributed by atoms with Crippen LogP contribution in [0.3, 0.4) is 0 Å². The van der Waals surface area contributed by atoms with Crippen LogP contribution < -0.4 is 10.6 Å². The third kappa shape index (κ3) is 7.56. The molecule has 1 unspecified atom stereocenters. The smallest absolute Gasteiger partial charge is 0.289 e. The standard InChI is InChI=1S/C29H30N2O5/c1-2-9-23(16-22-14-15-25(32)26(33)18-22)28(35)31-24(17-20-10-5-3-6-11-20)27(34)29(36)30-19-21-12-7-4-8-13-21/h3-8,10-16,18,24,32-33H,2,9,17,19H2,1H3,(H,30,36)(H,31,35)/b23-16+. The number of hydrogen-bond donors (Lipinski definition) is 4. The highest BCUT2D eigenvalue weighted by Crippen LogP contribution is 2.26. The summed E-state index contributed by atoms with van der Waals surface area (Å²) in [5.41, 5.74) is 2.57. The zero-order valence-electron chi connectivity index (χ0n) is 20.1. The highest BCUT2D eigenvalue weighted by molar-refractivity contribution is 6.38. The first-order valence-corrected chi connectivity index (χ1v) is 11.8. The molecule has 0 bridgehead atoms. The minimum Gasteiger partial charge on any atom is -0.504 e. The Morgan fingerprint density at radius 3 is 2.08 bits per heavy atom. The number of Topliss-reactive ketones (excluding diaryl/α,β-unsaturated/α-hetero) is 1. The van der Waals surface area contributed by atoms with Gasteiger partial charge in [0.15, 0.2) is 11.5 Å².